The zero-order valence-electron chi connectivity index (χ0n) is 10.2. The Bertz CT molecular complexity index is 390. The van der Waals surface area contributed by atoms with Gasteiger partial charge in [0.1, 0.15) is 6.04 Å². The second-order valence-electron chi connectivity index (χ2n) is 4.34. The molecule has 1 unspecified atom stereocenters. The molecule has 0 spiro atoms. The minimum Gasteiger partial charge on any atom is -0.464 e. The number of benzene rings is 1. The molecule has 0 fully saturated rings. The Morgan fingerprint density at radius 1 is 1.65 bits per heavy atom. The average molecular weight is 232 g/mol. The molecule has 0 saturated carbocycles. The Morgan fingerprint density at radius 2 is 2.53 bits per heavy atom. The van der Waals surface area contributed by atoms with Gasteiger partial charge in [-0.1, -0.05) is 19.4 Å². The molecule has 0 aromatic heterocycles. The largest absolute Gasteiger partial charge is 0.464 e. The summed E-state index contributed by atoms with van der Waals surface area (Å²) >= 11 is 0. The molecule has 17 heavy (non-hydrogen) atoms. The lowest BCUT2D eigenvalue weighted by atomic mass is 9.98. The first-order valence-corrected chi connectivity index (χ1v) is 6.23. The predicted octanol–water partition coefficient (Wildman–Crippen LogP) is 2.56. The van der Waals surface area contributed by atoms with E-state index in [0.717, 1.165) is 31.4 Å². The quantitative estimate of drug-likeness (QED) is 0.640. The van der Waals surface area contributed by atoms with Gasteiger partial charge in [-0.05, 0) is 43.0 Å². The number of hydrogen-bond donors (Lipinski definition) is 1. The number of hydrogen-bond acceptors (Lipinski definition) is 3. The molecular formula is C14H18NO2. The molecule has 0 aliphatic carbocycles. The van der Waals surface area contributed by atoms with Gasteiger partial charge in [-0.15, -0.1) is 0 Å². The fourth-order valence-electron chi connectivity index (χ4n) is 1.97. The summed E-state index contributed by atoms with van der Waals surface area (Å²) < 4.78 is 5.23. The minimum atomic E-state index is -0.193. The van der Waals surface area contributed by atoms with Crippen molar-refractivity contribution in [1.29, 1.82) is 0 Å². The molecule has 1 heterocycles. The molecule has 1 aliphatic heterocycles. The summed E-state index contributed by atoms with van der Waals surface area (Å²) in [7, 11) is 0. The van der Waals surface area contributed by atoms with Gasteiger partial charge >= 0.3 is 5.97 Å². The number of anilines is 1. The number of aryl methyl sites for hydroxylation is 1. The fraction of sp³-hybridized carbons (Fsp3) is 0.500. The number of rotatable bonds is 4. The molecule has 0 bridgehead atoms. The summed E-state index contributed by atoms with van der Waals surface area (Å²) in [4.78, 5) is 11.8. The first kappa shape index (κ1) is 12.0. The molecule has 0 amide bonds. The van der Waals surface area contributed by atoms with Crippen molar-refractivity contribution in [2.45, 2.75) is 38.6 Å². The van der Waals surface area contributed by atoms with Gasteiger partial charge in [-0.25, -0.2) is 4.79 Å². The maximum absolute atomic E-state index is 11.8. The lowest BCUT2D eigenvalue weighted by Gasteiger charge is -2.25. The first-order valence-electron chi connectivity index (χ1n) is 6.23. The van der Waals surface area contributed by atoms with E-state index in [1.807, 2.05) is 18.2 Å². The number of carbonyl (C=O) groups excluding carboxylic acids is 1. The lowest BCUT2D eigenvalue weighted by Crippen LogP contribution is -2.35. The van der Waals surface area contributed by atoms with Crippen LogP contribution in [0.2, 0.25) is 0 Å². The molecule has 3 nitrogen and oxygen atoms in total. The van der Waals surface area contributed by atoms with E-state index in [2.05, 4.69) is 18.3 Å². The molecule has 0 saturated heterocycles. The van der Waals surface area contributed by atoms with E-state index in [4.69, 9.17) is 4.74 Å². The van der Waals surface area contributed by atoms with Crippen LogP contribution in [0.4, 0.5) is 5.69 Å². The molecule has 3 heteroatoms. The average Bonchev–Trinajstić information content (AvgIpc) is 2.38. The number of esters is 1. The van der Waals surface area contributed by atoms with Crippen molar-refractivity contribution >= 4 is 11.7 Å². The predicted molar refractivity (Wildman–Crippen MR) is 66.9 cm³/mol. The van der Waals surface area contributed by atoms with Crippen molar-refractivity contribution in [3.05, 3.63) is 29.8 Å². The van der Waals surface area contributed by atoms with E-state index < -0.39 is 0 Å². The van der Waals surface area contributed by atoms with Gasteiger partial charge < -0.3 is 10.1 Å². The number of ether oxygens (including phenoxy) is 1. The van der Waals surface area contributed by atoms with Gasteiger partial charge in [0.25, 0.3) is 0 Å². The van der Waals surface area contributed by atoms with Crippen LogP contribution in [0.15, 0.2) is 18.2 Å². The van der Waals surface area contributed by atoms with Gasteiger partial charge in [-0.2, -0.15) is 0 Å². The molecule has 1 aromatic carbocycles. The van der Waals surface area contributed by atoms with Crippen LogP contribution in [0, 0.1) is 6.07 Å². The molecule has 91 valence electrons. The number of nitrogens with one attached hydrogen (secondary N) is 1. The van der Waals surface area contributed by atoms with Gasteiger partial charge in [-0.3, -0.25) is 0 Å². The standard InChI is InChI=1S/C14H18NO2/c1-2-3-10-17-14(16)13-9-8-11-6-4-5-7-12(11)15-13/h5-7,13,15H,2-3,8-10H2,1H3. The van der Waals surface area contributed by atoms with E-state index in [9.17, 15) is 4.79 Å². The highest BCUT2D eigenvalue weighted by Gasteiger charge is 2.24. The van der Waals surface area contributed by atoms with Crippen LogP contribution >= 0.6 is 0 Å². The van der Waals surface area contributed by atoms with Crippen LogP contribution < -0.4 is 5.32 Å². The fourth-order valence-corrected chi connectivity index (χ4v) is 1.97. The topological polar surface area (TPSA) is 38.3 Å². The summed E-state index contributed by atoms with van der Waals surface area (Å²) in [6.07, 6.45) is 3.69. The van der Waals surface area contributed by atoms with Crippen LogP contribution in [0.25, 0.3) is 0 Å². The number of carbonyl (C=O) groups is 1. The molecule has 1 radical (unpaired) electrons. The van der Waals surface area contributed by atoms with Gasteiger partial charge in [0.2, 0.25) is 0 Å². The van der Waals surface area contributed by atoms with E-state index >= 15 is 0 Å². The molecule has 1 aliphatic rings. The Morgan fingerprint density at radius 3 is 3.35 bits per heavy atom. The third-order valence-electron chi connectivity index (χ3n) is 3.01. The second-order valence-corrected chi connectivity index (χ2v) is 4.34. The number of fused-ring (bicyclic) bond motifs is 1. The number of unbranched alkanes of at least 4 members (excludes halogenated alkanes) is 1. The van der Waals surface area contributed by atoms with E-state index in [1.54, 1.807) is 0 Å². The van der Waals surface area contributed by atoms with Crippen LogP contribution in [0.5, 0.6) is 0 Å². The molecule has 1 atom stereocenters. The summed E-state index contributed by atoms with van der Waals surface area (Å²) in [5.41, 5.74) is 2.26. The molecule has 1 aromatic rings. The van der Waals surface area contributed by atoms with Crippen molar-refractivity contribution in [2.24, 2.45) is 0 Å². The van der Waals surface area contributed by atoms with E-state index in [-0.39, 0.29) is 12.0 Å². The Hall–Kier alpha value is -1.51. The van der Waals surface area contributed by atoms with Gasteiger partial charge in [0.05, 0.1) is 6.61 Å². The third kappa shape index (κ3) is 2.99. The summed E-state index contributed by atoms with van der Waals surface area (Å²) in [5.74, 6) is -0.128. The maximum atomic E-state index is 11.8. The Labute approximate surface area is 102 Å². The van der Waals surface area contributed by atoms with Crippen molar-refractivity contribution < 1.29 is 9.53 Å². The molecule has 1 N–H and O–H groups in total. The minimum absolute atomic E-state index is 0.128. The Kier molecular flexibility index (Phi) is 4.02. The zero-order chi connectivity index (χ0) is 12.1. The monoisotopic (exact) mass is 232 g/mol. The van der Waals surface area contributed by atoms with E-state index in [0.29, 0.717) is 6.61 Å². The van der Waals surface area contributed by atoms with Crippen LogP contribution in [0.1, 0.15) is 31.7 Å². The van der Waals surface area contributed by atoms with Crippen LogP contribution in [0.3, 0.4) is 0 Å². The lowest BCUT2D eigenvalue weighted by molar-refractivity contribution is -0.144. The van der Waals surface area contributed by atoms with Crippen molar-refractivity contribution in [3.63, 3.8) is 0 Å². The zero-order valence-corrected chi connectivity index (χ0v) is 10.2. The van der Waals surface area contributed by atoms with Gasteiger partial charge in [0, 0.05) is 5.69 Å². The Balaban J connectivity index is 1.91. The van der Waals surface area contributed by atoms with Crippen molar-refractivity contribution in [3.8, 4) is 0 Å². The highest BCUT2D eigenvalue weighted by molar-refractivity contribution is 5.80. The maximum Gasteiger partial charge on any atom is 0.328 e. The van der Waals surface area contributed by atoms with Gasteiger partial charge in [0.15, 0.2) is 0 Å². The third-order valence-corrected chi connectivity index (χ3v) is 3.01. The van der Waals surface area contributed by atoms with Crippen molar-refractivity contribution in [2.75, 3.05) is 11.9 Å². The first-order chi connectivity index (χ1) is 8.31. The van der Waals surface area contributed by atoms with Crippen LogP contribution in [-0.2, 0) is 16.0 Å². The normalized spacial score (nSPS) is 18.1. The second kappa shape index (κ2) is 5.71. The highest BCUT2D eigenvalue weighted by atomic mass is 16.5. The summed E-state index contributed by atoms with van der Waals surface area (Å²) in [5, 5.41) is 3.23. The molecular weight excluding hydrogens is 214 g/mol. The highest BCUT2D eigenvalue weighted by Crippen LogP contribution is 2.24. The van der Waals surface area contributed by atoms with Crippen molar-refractivity contribution in [1.82, 2.24) is 0 Å². The van der Waals surface area contributed by atoms with Crippen LogP contribution in [-0.4, -0.2) is 18.6 Å². The summed E-state index contributed by atoms with van der Waals surface area (Å²) in [6, 6.07) is 8.65. The summed E-state index contributed by atoms with van der Waals surface area (Å²) in [6.45, 7) is 2.61. The van der Waals surface area contributed by atoms with E-state index in [1.165, 1.54) is 5.56 Å². The molecule has 2 rings (SSSR count). The SMILES string of the molecule is CCCCOC(=O)C1CCc2c[c]ccc2N1. The smallest absolute Gasteiger partial charge is 0.328 e.